The van der Waals surface area contributed by atoms with Gasteiger partial charge < -0.3 is 5.41 Å². The van der Waals surface area contributed by atoms with Gasteiger partial charge in [-0.25, -0.2) is 0 Å². The van der Waals surface area contributed by atoms with Gasteiger partial charge in [0.1, 0.15) is 0 Å². The van der Waals surface area contributed by atoms with Gasteiger partial charge in [-0.15, -0.1) is 0 Å². The Bertz CT molecular complexity index is 412. The zero-order valence-corrected chi connectivity index (χ0v) is 11.2. The molecule has 0 amide bonds. The molecule has 1 aromatic carbocycles. The molecule has 1 rings (SSSR count). The first-order valence-corrected chi connectivity index (χ1v) is 6.30. The first-order valence-electron chi connectivity index (χ1n) is 5.50. The van der Waals surface area contributed by atoms with Crippen LogP contribution in [0.1, 0.15) is 49.0 Å². The molecule has 1 N–H and O–H groups in total. The van der Waals surface area contributed by atoms with Crippen LogP contribution >= 0.6 is 15.9 Å². The summed E-state index contributed by atoms with van der Waals surface area (Å²) in [7, 11) is 0. The molecular formula is C13H16BrNO. The number of benzene rings is 1. The number of ketones is 1. The fourth-order valence-corrected chi connectivity index (χ4v) is 2.11. The van der Waals surface area contributed by atoms with Crippen LogP contribution in [0.15, 0.2) is 22.7 Å². The Labute approximate surface area is 105 Å². The van der Waals surface area contributed by atoms with Crippen LogP contribution in [-0.2, 0) is 0 Å². The number of halogens is 1. The van der Waals surface area contributed by atoms with Gasteiger partial charge in [-0.05, 0) is 24.1 Å². The topological polar surface area (TPSA) is 40.9 Å². The second kappa shape index (κ2) is 5.94. The van der Waals surface area contributed by atoms with Crippen molar-refractivity contribution in [2.75, 3.05) is 0 Å². The zero-order valence-electron chi connectivity index (χ0n) is 9.64. The third-order valence-electron chi connectivity index (χ3n) is 2.44. The van der Waals surface area contributed by atoms with E-state index in [0.717, 1.165) is 22.9 Å². The molecule has 2 nitrogen and oxygen atoms in total. The summed E-state index contributed by atoms with van der Waals surface area (Å²) >= 11 is 3.39. The number of carbonyl (C=O) groups excluding carboxylic acids is 1. The smallest absolute Gasteiger partial charge is 0.163 e. The molecule has 86 valence electrons. The van der Waals surface area contributed by atoms with Gasteiger partial charge in [0.25, 0.3) is 0 Å². The van der Waals surface area contributed by atoms with E-state index in [2.05, 4.69) is 22.9 Å². The number of Topliss-reactive ketones (excluding diaryl/α,β-unsaturated/α-hetero) is 1. The van der Waals surface area contributed by atoms with E-state index in [0.29, 0.717) is 17.7 Å². The fraction of sp³-hybridized carbons (Fsp3) is 0.385. The van der Waals surface area contributed by atoms with Crippen LogP contribution in [0.4, 0.5) is 0 Å². The van der Waals surface area contributed by atoms with Crippen LogP contribution in [-0.4, -0.2) is 11.5 Å². The number of carbonyl (C=O) groups is 1. The molecule has 0 aliphatic rings. The van der Waals surface area contributed by atoms with Crippen LogP contribution < -0.4 is 0 Å². The van der Waals surface area contributed by atoms with Gasteiger partial charge in [0.15, 0.2) is 5.78 Å². The van der Waals surface area contributed by atoms with Crippen molar-refractivity contribution in [3.8, 4) is 0 Å². The third-order valence-corrected chi connectivity index (χ3v) is 3.10. The standard InChI is InChI=1S/C13H16BrNO/c1-3-5-12(15)9-6-7-10(11(14)8-9)13(16)4-2/h6-8,15H,3-5H2,1-2H3. The number of hydrogen-bond acceptors (Lipinski definition) is 2. The summed E-state index contributed by atoms with van der Waals surface area (Å²) in [6.07, 6.45) is 2.24. The average Bonchev–Trinajstić information content (AvgIpc) is 2.28. The van der Waals surface area contributed by atoms with Gasteiger partial charge in [0.05, 0.1) is 0 Å². The van der Waals surface area contributed by atoms with E-state index in [-0.39, 0.29) is 5.78 Å². The maximum absolute atomic E-state index is 11.6. The van der Waals surface area contributed by atoms with Crippen molar-refractivity contribution < 1.29 is 4.79 Å². The van der Waals surface area contributed by atoms with E-state index in [1.807, 2.05) is 19.1 Å². The molecule has 0 saturated heterocycles. The Kier molecular flexibility index (Phi) is 4.87. The summed E-state index contributed by atoms with van der Waals surface area (Å²) in [5.41, 5.74) is 2.22. The lowest BCUT2D eigenvalue weighted by Crippen LogP contribution is -2.02. The Hall–Kier alpha value is -0.960. The van der Waals surface area contributed by atoms with Crippen LogP contribution in [0.2, 0.25) is 0 Å². The third kappa shape index (κ3) is 3.01. The van der Waals surface area contributed by atoms with Gasteiger partial charge in [-0.2, -0.15) is 0 Å². The molecule has 0 bridgehead atoms. The quantitative estimate of drug-likeness (QED) is 0.638. The van der Waals surface area contributed by atoms with Crippen molar-refractivity contribution in [2.24, 2.45) is 0 Å². The second-order valence-electron chi connectivity index (χ2n) is 3.70. The first-order chi connectivity index (χ1) is 7.60. The van der Waals surface area contributed by atoms with Crippen molar-refractivity contribution in [1.29, 1.82) is 5.41 Å². The van der Waals surface area contributed by atoms with Crippen molar-refractivity contribution >= 4 is 27.4 Å². The van der Waals surface area contributed by atoms with E-state index >= 15 is 0 Å². The van der Waals surface area contributed by atoms with Crippen molar-refractivity contribution in [3.05, 3.63) is 33.8 Å². The van der Waals surface area contributed by atoms with E-state index in [4.69, 9.17) is 5.41 Å². The lowest BCUT2D eigenvalue weighted by Gasteiger charge is -2.06. The van der Waals surface area contributed by atoms with Crippen LogP contribution in [0.25, 0.3) is 0 Å². The molecule has 3 heteroatoms. The molecule has 0 atom stereocenters. The minimum atomic E-state index is 0.125. The Morgan fingerprint density at radius 1 is 1.38 bits per heavy atom. The van der Waals surface area contributed by atoms with E-state index in [9.17, 15) is 4.79 Å². The molecule has 0 heterocycles. The van der Waals surface area contributed by atoms with Gasteiger partial charge >= 0.3 is 0 Å². The van der Waals surface area contributed by atoms with Gasteiger partial charge in [0.2, 0.25) is 0 Å². The molecule has 16 heavy (non-hydrogen) atoms. The highest BCUT2D eigenvalue weighted by Crippen LogP contribution is 2.21. The number of rotatable bonds is 5. The highest BCUT2D eigenvalue weighted by molar-refractivity contribution is 9.10. The highest BCUT2D eigenvalue weighted by atomic mass is 79.9. The van der Waals surface area contributed by atoms with E-state index in [1.165, 1.54) is 0 Å². The molecule has 0 unspecified atom stereocenters. The summed E-state index contributed by atoms with van der Waals surface area (Å²) in [4.78, 5) is 11.6. The molecule has 0 fully saturated rings. The van der Waals surface area contributed by atoms with Crippen LogP contribution in [0, 0.1) is 5.41 Å². The van der Waals surface area contributed by atoms with E-state index < -0.39 is 0 Å². The normalized spacial score (nSPS) is 10.2. The van der Waals surface area contributed by atoms with Crippen LogP contribution in [0.3, 0.4) is 0 Å². The molecular weight excluding hydrogens is 266 g/mol. The lowest BCUT2D eigenvalue weighted by molar-refractivity contribution is 0.0987. The number of nitrogens with one attached hydrogen (secondary N) is 1. The first kappa shape index (κ1) is 13.1. The maximum atomic E-state index is 11.6. The Morgan fingerprint density at radius 3 is 2.56 bits per heavy atom. The summed E-state index contributed by atoms with van der Waals surface area (Å²) in [6, 6.07) is 5.52. The molecule has 0 aliphatic carbocycles. The minimum Gasteiger partial charge on any atom is -0.305 e. The molecule has 0 radical (unpaired) electrons. The molecule has 0 aliphatic heterocycles. The molecule has 1 aromatic rings. The monoisotopic (exact) mass is 281 g/mol. The highest BCUT2D eigenvalue weighted by Gasteiger charge is 2.09. The zero-order chi connectivity index (χ0) is 12.1. The largest absolute Gasteiger partial charge is 0.305 e. The molecule has 0 aromatic heterocycles. The predicted octanol–water partition coefficient (Wildman–Crippen LogP) is 4.21. The summed E-state index contributed by atoms with van der Waals surface area (Å²) in [5.74, 6) is 0.125. The summed E-state index contributed by atoms with van der Waals surface area (Å²) < 4.78 is 0.790. The van der Waals surface area contributed by atoms with Crippen molar-refractivity contribution in [3.63, 3.8) is 0 Å². The maximum Gasteiger partial charge on any atom is 0.163 e. The van der Waals surface area contributed by atoms with E-state index in [1.54, 1.807) is 6.07 Å². The molecule has 0 saturated carbocycles. The number of hydrogen-bond donors (Lipinski definition) is 1. The molecule has 0 spiro atoms. The Morgan fingerprint density at radius 2 is 2.06 bits per heavy atom. The fourth-order valence-electron chi connectivity index (χ4n) is 1.51. The van der Waals surface area contributed by atoms with Gasteiger partial charge in [-0.3, -0.25) is 4.79 Å². The summed E-state index contributed by atoms with van der Waals surface area (Å²) in [5, 5.41) is 7.84. The SMILES string of the molecule is CCCC(=N)c1ccc(C(=O)CC)c(Br)c1. The average molecular weight is 282 g/mol. The van der Waals surface area contributed by atoms with Crippen LogP contribution in [0.5, 0.6) is 0 Å². The van der Waals surface area contributed by atoms with Crippen molar-refractivity contribution in [2.45, 2.75) is 33.1 Å². The Balaban J connectivity index is 2.99. The van der Waals surface area contributed by atoms with Crippen molar-refractivity contribution in [1.82, 2.24) is 0 Å². The second-order valence-corrected chi connectivity index (χ2v) is 4.55. The van der Waals surface area contributed by atoms with Gasteiger partial charge in [0, 0.05) is 22.2 Å². The summed E-state index contributed by atoms with van der Waals surface area (Å²) in [6.45, 7) is 3.90. The predicted molar refractivity (Wildman–Crippen MR) is 70.5 cm³/mol. The lowest BCUT2D eigenvalue weighted by atomic mass is 10.0. The van der Waals surface area contributed by atoms with Gasteiger partial charge in [-0.1, -0.05) is 42.3 Å². The minimum absolute atomic E-state index is 0.125.